The molecule has 1 atom stereocenters. The van der Waals surface area contributed by atoms with Crippen molar-refractivity contribution in [2.24, 2.45) is 11.8 Å². The predicted molar refractivity (Wildman–Crippen MR) is 92.4 cm³/mol. The van der Waals surface area contributed by atoms with Gasteiger partial charge in [-0.1, -0.05) is 25.7 Å². The summed E-state index contributed by atoms with van der Waals surface area (Å²) in [5, 5.41) is 0. The molecule has 0 aromatic carbocycles. The van der Waals surface area contributed by atoms with Crippen LogP contribution in [-0.4, -0.2) is 61.6 Å². The van der Waals surface area contributed by atoms with Gasteiger partial charge < -0.3 is 14.5 Å². The second-order valence-corrected chi connectivity index (χ2v) is 8.00. The van der Waals surface area contributed by atoms with Gasteiger partial charge in [-0.3, -0.25) is 4.79 Å². The Morgan fingerprint density at radius 3 is 2.48 bits per heavy atom. The van der Waals surface area contributed by atoms with Crippen LogP contribution in [0.25, 0.3) is 0 Å². The minimum absolute atomic E-state index is 0.415. The molecule has 0 radical (unpaired) electrons. The maximum Gasteiger partial charge on any atom is 0.222 e. The number of piperidine rings is 1. The lowest BCUT2D eigenvalue weighted by atomic mass is 9.97. The van der Waals surface area contributed by atoms with E-state index in [0.29, 0.717) is 17.9 Å². The van der Waals surface area contributed by atoms with Crippen LogP contribution in [0.15, 0.2) is 0 Å². The van der Waals surface area contributed by atoms with Crippen LogP contribution in [-0.2, 0) is 9.53 Å². The van der Waals surface area contributed by atoms with Crippen LogP contribution in [0.1, 0.15) is 57.8 Å². The van der Waals surface area contributed by atoms with Crippen molar-refractivity contribution in [1.82, 2.24) is 9.80 Å². The average Bonchev–Trinajstić information content (AvgIpc) is 3.25. The van der Waals surface area contributed by atoms with Gasteiger partial charge in [0.15, 0.2) is 0 Å². The molecule has 0 bridgehead atoms. The van der Waals surface area contributed by atoms with E-state index in [0.717, 1.165) is 70.9 Å². The van der Waals surface area contributed by atoms with E-state index >= 15 is 0 Å². The van der Waals surface area contributed by atoms with Gasteiger partial charge in [0.25, 0.3) is 0 Å². The summed E-state index contributed by atoms with van der Waals surface area (Å²) in [7, 11) is 2.19. The Morgan fingerprint density at radius 2 is 1.83 bits per heavy atom. The topological polar surface area (TPSA) is 32.8 Å². The fourth-order valence-electron chi connectivity index (χ4n) is 4.54. The minimum atomic E-state index is 0.415. The molecule has 0 aromatic rings. The maximum absolute atomic E-state index is 12.9. The number of carbonyl (C=O) groups is 1. The Labute approximate surface area is 141 Å². The lowest BCUT2D eigenvalue weighted by Crippen LogP contribution is -2.48. The molecule has 4 nitrogen and oxygen atoms in total. The van der Waals surface area contributed by atoms with Crippen LogP contribution >= 0.6 is 0 Å². The largest absolute Gasteiger partial charge is 0.381 e. The zero-order valence-electron chi connectivity index (χ0n) is 14.8. The third-order valence-corrected chi connectivity index (χ3v) is 6.17. The highest BCUT2D eigenvalue weighted by atomic mass is 16.5. The van der Waals surface area contributed by atoms with Gasteiger partial charge in [-0.15, -0.1) is 0 Å². The highest BCUT2D eigenvalue weighted by Gasteiger charge is 2.30. The molecular formula is C19H34N2O2. The summed E-state index contributed by atoms with van der Waals surface area (Å²) in [5.41, 5.74) is 0. The predicted octanol–water partition coefficient (Wildman–Crippen LogP) is 2.92. The van der Waals surface area contributed by atoms with Crippen molar-refractivity contribution in [2.45, 2.75) is 63.8 Å². The van der Waals surface area contributed by atoms with E-state index in [1.807, 2.05) is 0 Å². The first-order valence-electron chi connectivity index (χ1n) is 9.78. The van der Waals surface area contributed by atoms with Crippen LogP contribution < -0.4 is 0 Å². The Hall–Kier alpha value is -0.610. The van der Waals surface area contributed by atoms with Crippen molar-refractivity contribution in [1.29, 1.82) is 0 Å². The summed E-state index contributed by atoms with van der Waals surface area (Å²) in [4.78, 5) is 17.6. The van der Waals surface area contributed by atoms with Crippen molar-refractivity contribution in [2.75, 3.05) is 39.9 Å². The Kier molecular flexibility index (Phi) is 6.35. The second-order valence-electron chi connectivity index (χ2n) is 8.00. The molecule has 23 heavy (non-hydrogen) atoms. The number of carbonyl (C=O) groups excluding carboxylic acids is 1. The second kappa shape index (κ2) is 8.48. The normalized spacial score (nSPS) is 27.6. The van der Waals surface area contributed by atoms with Crippen molar-refractivity contribution in [3.63, 3.8) is 0 Å². The summed E-state index contributed by atoms with van der Waals surface area (Å²) in [6.45, 7) is 4.90. The van der Waals surface area contributed by atoms with Gasteiger partial charge in [0.05, 0.1) is 6.61 Å². The molecule has 1 amide bonds. The molecular weight excluding hydrogens is 288 g/mol. The number of amides is 1. The third kappa shape index (κ3) is 4.93. The average molecular weight is 322 g/mol. The van der Waals surface area contributed by atoms with E-state index in [1.54, 1.807) is 0 Å². The minimum Gasteiger partial charge on any atom is -0.381 e. The molecule has 2 saturated heterocycles. The standard InChI is InChI=1S/C19H34N2O2/c1-20-11-8-18(9-12-20)21(14-17-10-13-23-15-17)19(22)7-6-16-4-2-3-5-16/h16-18H,2-15H2,1H3. The van der Waals surface area contributed by atoms with Gasteiger partial charge in [-0.05, 0) is 51.7 Å². The van der Waals surface area contributed by atoms with E-state index in [4.69, 9.17) is 4.74 Å². The first kappa shape index (κ1) is 17.2. The quantitative estimate of drug-likeness (QED) is 0.754. The molecule has 3 aliphatic rings. The zero-order valence-corrected chi connectivity index (χ0v) is 14.8. The Balaban J connectivity index is 1.54. The van der Waals surface area contributed by atoms with Crippen molar-refractivity contribution in [3.05, 3.63) is 0 Å². The van der Waals surface area contributed by atoms with E-state index in [2.05, 4.69) is 16.8 Å². The lowest BCUT2D eigenvalue weighted by molar-refractivity contribution is -0.135. The lowest BCUT2D eigenvalue weighted by Gasteiger charge is -2.38. The van der Waals surface area contributed by atoms with Gasteiger partial charge in [-0.2, -0.15) is 0 Å². The summed E-state index contributed by atoms with van der Waals surface area (Å²) < 4.78 is 5.54. The van der Waals surface area contributed by atoms with Gasteiger partial charge in [0, 0.05) is 31.5 Å². The molecule has 3 fully saturated rings. The molecule has 1 unspecified atom stereocenters. The number of hydrogen-bond donors (Lipinski definition) is 0. The zero-order chi connectivity index (χ0) is 16.1. The Morgan fingerprint density at radius 1 is 1.09 bits per heavy atom. The van der Waals surface area contributed by atoms with Gasteiger partial charge >= 0.3 is 0 Å². The van der Waals surface area contributed by atoms with Crippen molar-refractivity contribution in [3.8, 4) is 0 Å². The molecule has 2 heterocycles. The molecule has 1 saturated carbocycles. The van der Waals surface area contributed by atoms with Crippen molar-refractivity contribution >= 4 is 5.91 Å². The summed E-state index contributed by atoms with van der Waals surface area (Å²) in [6.07, 6.45) is 10.7. The maximum atomic E-state index is 12.9. The van der Waals surface area contributed by atoms with Gasteiger partial charge in [0.2, 0.25) is 5.91 Å². The fraction of sp³-hybridized carbons (Fsp3) is 0.947. The number of hydrogen-bond acceptors (Lipinski definition) is 3. The van der Waals surface area contributed by atoms with Crippen LogP contribution in [0, 0.1) is 11.8 Å². The number of nitrogens with zero attached hydrogens (tertiary/aromatic N) is 2. The molecule has 3 rings (SSSR count). The van der Waals surface area contributed by atoms with Crippen LogP contribution in [0.2, 0.25) is 0 Å². The summed E-state index contributed by atoms with van der Waals surface area (Å²) in [6, 6.07) is 0.461. The molecule has 0 N–H and O–H groups in total. The highest BCUT2D eigenvalue weighted by Crippen LogP contribution is 2.29. The molecule has 0 spiro atoms. The fourth-order valence-corrected chi connectivity index (χ4v) is 4.54. The highest BCUT2D eigenvalue weighted by molar-refractivity contribution is 5.76. The number of rotatable bonds is 6. The van der Waals surface area contributed by atoms with E-state index in [9.17, 15) is 4.79 Å². The number of likely N-dealkylation sites (tertiary alicyclic amines) is 1. The van der Waals surface area contributed by atoms with Gasteiger partial charge in [0.1, 0.15) is 0 Å². The third-order valence-electron chi connectivity index (χ3n) is 6.17. The van der Waals surface area contributed by atoms with Crippen LogP contribution in [0.4, 0.5) is 0 Å². The molecule has 2 aliphatic heterocycles. The summed E-state index contributed by atoms with van der Waals surface area (Å²) in [5.74, 6) is 1.79. The van der Waals surface area contributed by atoms with Crippen LogP contribution in [0.5, 0.6) is 0 Å². The van der Waals surface area contributed by atoms with Gasteiger partial charge in [-0.25, -0.2) is 0 Å². The van der Waals surface area contributed by atoms with Crippen LogP contribution in [0.3, 0.4) is 0 Å². The van der Waals surface area contributed by atoms with E-state index in [-0.39, 0.29) is 0 Å². The first-order chi connectivity index (χ1) is 11.2. The smallest absolute Gasteiger partial charge is 0.222 e. The monoisotopic (exact) mass is 322 g/mol. The molecule has 0 aromatic heterocycles. The van der Waals surface area contributed by atoms with Crippen molar-refractivity contribution < 1.29 is 9.53 Å². The number of ether oxygens (including phenoxy) is 1. The molecule has 132 valence electrons. The first-order valence-corrected chi connectivity index (χ1v) is 9.78. The van der Waals surface area contributed by atoms with E-state index in [1.165, 1.54) is 25.7 Å². The molecule has 1 aliphatic carbocycles. The SMILES string of the molecule is CN1CCC(N(CC2CCOC2)C(=O)CCC2CCCC2)CC1. The molecule has 4 heteroatoms. The summed E-state index contributed by atoms with van der Waals surface area (Å²) >= 11 is 0. The van der Waals surface area contributed by atoms with E-state index < -0.39 is 0 Å². The Bertz CT molecular complexity index is 368.